The first-order chi connectivity index (χ1) is 29.4. The molecule has 12 aromatic rings. The molecule has 0 bridgehead atoms. The normalized spacial score (nSPS) is 12.3. The van der Waals surface area contributed by atoms with Gasteiger partial charge in [-0.25, -0.2) is 0 Å². The molecule has 0 N–H and O–H groups in total. The minimum atomic E-state index is 0.256. The van der Waals surface area contributed by atoms with E-state index in [2.05, 4.69) is 147 Å². The summed E-state index contributed by atoms with van der Waals surface area (Å²) in [5.41, 5.74) is 12.5. The molecule has 6 heteroatoms. The van der Waals surface area contributed by atoms with Gasteiger partial charge in [-0.2, -0.15) is 0 Å². The number of furan rings is 4. The van der Waals surface area contributed by atoms with Gasteiger partial charge >= 0.3 is 0 Å². The molecule has 0 fully saturated rings. The number of rotatable bonds is 8. The molecule has 0 saturated carbocycles. The summed E-state index contributed by atoms with van der Waals surface area (Å²) >= 11 is 0. The zero-order valence-corrected chi connectivity index (χ0v) is 33.7. The number of benzene rings is 8. The highest BCUT2D eigenvalue weighted by atomic mass is 16.3. The number of anilines is 6. The number of nitrogens with zero attached hydrogens (tertiary/aromatic N) is 2. The van der Waals surface area contributed by atoms with E-state index in [-0.39, 0.29) is 11.8 Å². The third-order valence-electron chi connectivity index (χ3n) is 12.4. The molecule has 0 atom stereocenters. The van der Waals surface area contributed by atoms with Gasteiger partial charge in [0, 0.05) is 55.1 Å². The van der Waals surface area contributed by atoms with Crippen molar-refractivity contribution in [1.29, 1.82) is 0 Å². The van der Waals surface area contributed by atoms with Crippen LogP contribution < -0.4 is 9.80 Å². The van der Waals surface area contributed by atoms with Crippen LogP contribution in [0.2, 0.25) is 0 Å². The Morgan fingerprint density at radius 1 is 0.333 bits per heavy atom. The molecule has 0 aliphatic heterocycles. The molecule has 6 nitrogen and oxygen atoms in total. The molecule has 290 valence electrons. The van der Waals surface area contributed by atoms with Crippen LogP contribution in [0.3, 0.4) is 0 Å². The highest BCUT2D eigenvalue weighted by molar-refractivity contribution is 6.29. The van der Waals surface area contributed by atoms with Crippen LogP contribution in [0.25, 0.3) is 76.2 Å². The van der Waals surface area contributed by atoms with E-state index in [1.807, 2.05) is 24.3 Å². The first kappa shape index (κ1) is 34.6. The Hall–Kier alpha value is -7.44. The van der Waals surface area contributed by atoms with Gasteiger partial charge in [0.1, 0.15) is 22.3 Å². The second-order valence-electron chi connectivity index (χ2n) is 16.6. The fourth-order valence-corrected chi connectivity index (χ4v) is 9.56. The largest absolute Gasteiger partial charge is 0.464 e. The van der Waals surface area contributed by atoms with Crippen LogP contribution in [-0.2, 0) is 0 Å². The smallest absolute Gasteiger partial charge is 0.133 e. The molecule has 0 radical (unpaired) electrons. The Bertz CT molecular complexity index is 3210. The van der Waals surface area contributed by atoms with E-state index in [0.717, 1.165) is 78.0 Å². The zero-order valence-electron chi connectivity index (χ0n) is 33.7. The van der Waals surface area contributed by atoms with Gasteiger partial charge in [0.25, 0.3) is 0 Å². The Morgan fingerprint density at radius 2 is 0.633 bits per heavy atom. The average molecular weight is 781 g/mol. The molecule has 4 heterocycles. The maximum Gasteiger partial charge on any atom is 0.133 e. The second-order valence-corrected chi connectivity index (χ2v) is 16.6. The molecular formula is C54H40N2O4. The summed E-state index contributed by atoms with van der Waals surface area (Å²) in [7, 11) is 0. The monoisotopic (exact) mass is 780 g/mol. The zero-order chi connectivity index (χ0) is 40.2. The first-order valence-electron chi connectivity index (χ1n) is 20.7. The average Bonchev–Trinajstić information content (AvgIpc) is 4.10. The summed E-state index contributed by atoms with van der Waals surface area (Å²) in [5.74, 6) is 0.513. The van der Waals surface area contributed by atoms with Crippen molar-refractivity contribution in [1.82, 2.24) is 0 Å². The van der Waals surface area contributed by atoms with Gasteiger partial charge < -0.3 is 27.5 Å². The maximum atomic E-state index is 5.82. The number of hydrogen-bond donors (Lipinski definition) is 0. The van der Waals surface area contributed by atoms with Gasteiger partial charge in [0.2, 0.25) is 0 Å². The molecule has 4 aromatic heterocycles. The Morgan fingerprint density at radius 3 is 0.933 bits per heavy atom. The maximum absolute atomic E-state index is 5.82. The Kier molecular flexibility index (Phi) is 7.51. The molecule has 0 aliphatic carbocycles. The third kappa shape index (κ3) is 5.20. The molecule has 0 aliphatic rings. The van der Waals surface area contributed by atoms with Gasteiger partial charge in [-0.3, -0.25) is 0 Å². The van der Waals surface area contributed by atoms with Crippen LogP contribution >= 0.6 is 0 Å². The fraction of sp³-hybridized carbons (Fsp3) is 0.111. The molecule has 0 spiro atoms. The van der Waals surface area contributed by atoms with Gasteiger partial charge in [0.15, 0.2) is 0 Å². The third-order valence-corrected chi connectivity index (χ3v) is 12.4. The van der Waals surface area contributed by atoms with Gasteiger partial charge in [-0.1, -0.05) is 52.0 Å². The summed E-state index contributed by atoms with van der Waals surface area (Å²) in [6, 6.07) is 48.3. The van der Waals surface area contributed by atoms with E-state index in [1.54, 1.807) is 25.1 Å². The predicted molar refractivity (Wildman–Crippen MR) is 247 cm³/mol. The van der Waals surface area contributed by atoms with Gasteiger partial charge in [-0.05, 0) is 154 Å². The van der Waals surface area contributed by atoms with Gasteiger partial charge in [-0.15, -0.1) is 0 Å². The van der Waals surface area contributed by atoms with Crippen molar-refractivity contribution in [2.24, 2.45) is 0 Å². The highest BCUT2D eigenvalue weighted by Gasteiger charge is 2.27. The van der Waals surface area contributed by atoms with Crippen molar-refractivity contribution in [3.05, 3.63) is 170 Å². The lowest BCUT2D eigenvalue weighted by atomic mass is 9.84. The second kappa shape index (κ2) is 13.0. The van der Waals surface area contributed by atoms with Crippen molar-refractivity contribution in [3.8, 4) is 0 Å². The van der Waals surface area contributed by atoms with E-state index in [9.17, 15) is 0 Å². The minimum Gasteiger partial charge on any atom is -0.464 e. The lowest BCUT2D eigenvalue weighted by Gasteiger charge is -2.31. The van der Waals surface area contributed by atoms with E-state index >= 15 is 0 Å². The quantitative estimate of drug-likeness (QED) is 0.143. The lowest BCUT2D eigenvalue weighted by molar-refractivity contribution is 0.615. The van der Waals surface area contributed by atoms with Crippen LogP contribution in [0.15, 0.2) is 176 Å². The van der Waals surface area contributed by atoms with Crippen LogP contribution in [0, 0.1) is 0 Å². The van der Waals surface area contributed by atoms with Crippen molar-refractivity contribution in [2.45, 2.75) is 39.5 Å². The molecule has 60 heavy (non-hydrogen) atoms. The molecular weight excluding hydrogens is 741 g/mol. The SMILES string of the molecule is CC(C)c1cc(N(c2ccc3occc3c2)c2ccc3occc3c2)c2ccc3c(C(C)C)cc(N(c4ccc5occc5c4)c4ccc5occc5c4)c4ccc1c2c34. The summed E-state index contributed by atoms with van der Waals surface area (Å²) < 4.78 is 23.3. The van der Waals surface area contributed by atoms with Crippen molar-refractivity contribution in [2.75, 3.05) is 9.80 Å². The summed E-state index contributed by atoms with van der Waals surface area (Å²) in [6.07, 6.45) is 7.04. The first-order valence-corrected chi connectivity index (χ1v) is 20.7. The van der Waals surface area contributed by atoms with E-state index in [1.165, 1.54) is 43.4 Å². The number of fused-ring (bicyclic) bond motifs is 4. The van der Waals surface area contributed by atoms with Crippen molar-refractivity contribution >= 4 is 110 Å². The van der Waals surface area contributed by atoms with Crippen molar-refractivity contribution < 1.29 is 17.7 Å². The summed E-state index contributed by atoms with van der Waals surface area (Å²) in [4.78, 5) is 4.82. The molecule has 8 aromatic carbocycles. The Labute approximate surface area is 345 Å². The molecule has 0 amide bonds. The molecule has 0 unspecified atom stereocenters. The van der Waals surface area contributed by atoms with Crippen LogP contribution in [0.4, 0.5) is 34.1 Å². The molecule has 12 rings (SSSR count). The van der Waals surface area contributed by atoms with E-state index in [4.69, 9.17) is 17.7 Å². The van der Waals surface area contributed by atoms with Gasteiger partial charge in [0.05, 0.1) is 36.4 Å². The summed E-state index contributed by atoms with van der Waals surface area (Å²) in [5, 5.41) is 11.7. The van der Waals surface area contributed by atoms with Crippen LogP contribution in [0.1, 0.15) is 50.7 Å². The predicted octanol–water partition coefficient (Wildman–Crippen LogP) is 16.8. The van der Waals surface area contributed by atoms with Crippen LogP contribution in [0.5, 0.6) is 0 Å². The Balaban J connectivity index is 1.19. The van der Waals surface area contributed by atoms with Crippen LogP contribution in [-0.4, -0.2) is 0 Å². The highest BCUT2D eigenvalue weighted by Crippen LogP contribution is 2.51. The fourth-order valence-electron chi connectivity index (χ4n) is 9.56. The van der Waals surface area contributed by atoms with E-state index < -0.39 is 0 Å². The minimum absolute atomic E-state index is 0.256. The standard InChI is InChI=1S/C54H40N2O4/c1-31(2)45-29-47(55(37-5-13-49-33(25-37)17-21-57-49)38-6-14-50-34(26-38)18-22-58-50)43-12-10-42-46(32(3)4)30-48(44-11-9-41(45)53(43)54(42)44)56(39-7-15-51-35(27-39)19-23-59-51)40-8-16-52-36(28-40)20-24-60-52/h5-32H,1-4H3. The lowest BCUT2D eigenvalue weighted by Crippen LogP contribution is -2.13. The van der Waals surface area contributed by atoms with Crippen molar-refractivity contribution in [3.63, 3.8) is 0 Å². The molecule has 0 saturated heterocycles. The van der Waals surface area contributed by atoms with E-state index in [0.29, 0.717) is 0 Å². The topological polar surface area (TPSA) is 59.0 Å². The summed E-state index contributed by atoms with van der Waals surface area (Å²) in [6.45, 7) is 9.22. The number of hydrogen-bond acceptors (Lipinski definition) is 6.